The van der Waals surface area contributed by atoms with E-state index in [1.54, 1.807) is 11.3 Å². The van der Waals surface area contributed by atoms with Crippen molar-refractivity contribution in [3.63, 3.8) is 0 Å². The van der Waals surface area contributed by atoms with Gasteiger partial charge in [-0.1, -0.05) is 0 Å². The predicted octanol–water partition coefficient (Wildman–Crippen LogP) is 3.83. The molecule has 0 radical (unpaired) electrons. The highest BCUT2D eigenvalue weighted by Gasteiger charge is 2.09. The Kier molecular flexibility index (Phi) is 2.67. The lowest BCUT2D eigenvalue weighted by Crippen LogP contribution is -1.94. The number of halogens is 2. The molecule has 2 aromatic rings. The molecule has 68 valence electrons. The minimum Gasteiger partial charge on any atom is -0.398 e. The number of hydrogen-bond donors (Lipinski definition) is 1. The van der Waals surface area contributed by atoms with E-state index >= 15 is 0 Å². The van der Waals surface area contributed by atoms with Gasteiger partial charge < -0.3 is 5.73 Å². The minimum absolute atomic E-state index is 0.484. The molecule has 1 heterocycles. The maximum atomic E-state index is 5.87. The second-order valence-electron chi connectivity index (χ2n) is 2.73. The zero-order valence-electron chi connectivity index (χ0n) is 6.68. The molecule has 0 saturated carbocycles. The molecule has 1 aromatic heterocycles. The molecule has 0 atom stereocenters. The molecule has 0 aliphatic carbocycles. The van der Waals surface area contributed by atoms with E-state index in [-0.39, 0.29) is 0 Å². The normalized spacial score (nSPS) is 10.9. The molecule has 1 aromatic carbocycles. The van der Waals surface area contributed by atoms with E-state index in [0.29, 0.717) is 5.88 Å². The summed E-state index contributed by atoms with van der Waals surface area (Å²) in [5.74, 6) is 0.484. The molecule has 0 fully saturated rings. The highest BCUT2D eigenvalue weighted by molar-refractivity contribution is 14.1. The molecular formula is C9H7ClINS. The van der Waals surface area contributed by atoms with Gasteiger partial charge in [0.25, 0.3) is 0 Å². The molecule has 2 N–H and O–H groups in total. The second kappa shape index (κ2) is 3.63. The van der Waals surface area contributed by atoms with Gasteiger partial charge in [0, 0.05) is 19.5 Å². The Morgan fingerprint density at radius 3 is 3.00 bits per heavy atom. The van der Waals surface area contributed by atoms with Crippen molar-refractivity contribution in [1.82, 2.24) is 0 Å². The smallest absolute Gasteiger partial charge is 0.0505 e. The third kappa shape index (κ3) is 1.53. The zero-order valence-corrected chi connectivity index (χ0v) is 10.4. The summed E-state index contributed by atoms with van der Waals surface area (Å²) in [5.41, 5.74) is 7.72. The van der Waals surface area contributed by atoms with Gasteiger partial charge in [0.05, 0.1) is 5.88 Å². The largest absolute Gasteiger partial charge is 0.398 e. The Labute approximate surface area is 99.0 Å². The van der Waals surface area contributed by atoms with Crippen LogP contribution < -0.4 is 5.73 Å². The molecule has 2 rings (SSSR count). The van der Waals surface area contributed by atoms with Crippen LogP contribution in [0.3, 0.4) is 0 Å². The first-order valence-electron chi connectivity index (χ1n) is 3.74. The lowest BCUT2D eigenvalue weighted by atomic mass is 10.1. The van der Waals surface area contributed by atoms with Crippen LogP contribution in [0.2, 0.25) is 0 Å². The third-order valence-electron chi connectivity index (χ3n) is 1.95. The van der Waals surface area contributed by atoms with Gasteiger partial charge in [-0.25, -0.2) is 0 Å². The number of rotatable bonds is 1. The van der Waals surface area contributed by atoms with Crippen LogP contribution in [0.5, 0.6) is 0 Å². The Morgan fingerprint density at radius 1 is 1.54 bits per heavy atom. The minimum atomic E-state index is 0.484. The van der Waals surface area contributed by atoms with Crippen LogP contribution in [-0.4, -0.2) is 0 Å². The molecule has 0 spiro atoms. The second-order valence-corrected chi connectivity index (χ2v) is 4.99. The molecule has 0 aliphatic heterocycles. The lowest BCUT2D eigenvalue weighted by molar-refractivity contribution is 1.40. The predicted molar refractivity (Wildman–Crippen MR) is 68.5 cm³/mol. The van der Waals surface area contributed by atoms with Gasteiger partial charge in [-0.15, -0.1) is 22.9 Å². The third-order valence-corrected chi connectivity index (χ3v) is 4.72. The Hall–Kier alpha value is -0.000000000000000167. The summed E-state index contributed by atoms with van der Waals surface area (Å²) in [4.78, 5) is 0. The van der Waals surface area contributed by atoms with Gasteiger partial charge in [-0.3, -0.25) is 0 Å². The van der Waals surface area contributed by atoms with E-state index in [9.17, 15) is 0 Å². The fourth-order valence-electron chi connectivity index (χ4n) is 1.27. The van der Waals surface area contributed by atoms with Gasteiger partial charge >= 0.3 is 0 Å². The van der Waals surface area contributed by atoms with E-state index in [2.05, 4.69) is 34.0 Å². The average Bonchev–Trinajstić information content (AvgIpc) is 2.53. The molecule has 0 aliphatic rings. The molecular weight excluding hydrogens is 317 g/mol. The number of anilines is 1. The summed E-state index contributed by atoms with van der Waals surface area (Å²) < 4.78 is 2.48. The van der Waals surface area contributed by atoms with Crippen LogP contribution in [-0.2, 0) is 5.88 Å². The van der Waals surface area contributed by atoms with E-state index in [1.807, 2.05) is 6.07 Å². The first kappa shape index (κ1) is 9.55. The fourth-order valence-corrected chi connectivity index (χ4v) is 3.81. The Morgan fingerprint density at radius 2 is 2.31 bits per heavy atom. The molecule has 0 bridgehead atoms. The van der Waals surface area contributed by atoms with Crippen LogP contribution in [0.25, 0.3) is 10.1 Å². The van der Waals surface area contributed by atoms with Crippen molar-refractivity contribution in [3.05, 3.63) is 26.6 Å². The highest BCUT2D eigenvalue weighted by Crippen LogP contribution is 2.33. The topological polar surface area (TPSA) is 26.0 Å². The van der Waals surface area contributed by atoms with Crippen LogP contribution in [0.1, 0.15) is 5.56 Å². The lowest BCUT2D eigenvalue weighted by Gasteiger charge is -2.05. The quantitative estimate of drug-likeness (QED) is 0.482. The number of thiophene rings is 1. The number of nitrogen functional groups attached to an aromatic ring is 1. The van der Waals surface area contributed by atoms with E-state index in [1.165, 1.54) is 13.7 Å². The van der Waals surface area contributed by atoms with Crippen molar-refractivity contribution in [2.75, 3.05) is 5.73 Å². The maximum Gasteiger partial charge on any atom is 0.0505 e. The van der Waals surface area contributed by atoms with Crippen molar-refractivity contribution in [2.45, 2.75) is 5.88 Å². The maximum absolute atomic E-state index is 5.87. The van der Waals surface area contributed by atoms with Crippen molar-refractivity contribution in [2.24, 2.45) is 0 Å². The van der Waals surface area contributed by atoms with Gasteiger partial charge in [-0.2, -0.15) is 0 Å². The monoisotopic (exact) mass is 323 g/mol. The van der Waals surface area contributed by atoms with Crippen molar-refractivity contribution in [3.8, 4) is 0 Å². The van der Waals surface area contributed by atoms with Crippen LogP contribution in [0.4, 0.5) is 5.69 Å². The summed E-state index contributed by atoms with van der Waals surface area (Å²) in [5, 5.41) is 3.28. The van der Waals surface area contributed by atoms with E-state index in [4.69, 9.17) is 17.3 Å². The molecule has 0 amide bonds. The SMILES string of the molecule is Nc1cc2ccsc2c(I)c1CCl. The number of benzene rings is 1. The van der Waals surface area contributed by atoms with Gasteiger partial charge in [0.15, 0.2) is 0 Å². The van der Waals surface area contributed by atoms with Gasteiger partial charge in [0.1, 0.15) is 0 Å². The van der Waals surface area contributed by atoms with E-state index < -0.39 is 0 Å². The molecule has 1 nitrogen and oxygen atoms in total. The number of alkyl halides is 1. The van der Waals surface area contributed by atoms with Gasteiger partial charge in [0.2, 0.25) is 0 Å². The van der Waals surface area contributed by atoms with Crippen molar-refractivity contribution in [1.29, 1.82) is 0 Å². The van der Waals surface area contributed by atoms with Crippen molar-refractivity contribution >= 4 is 61.3 Å². The molecule has 0 unspecified atom stereocenters. The first-order valence-corrected chi connectivity index (χ1v) is 6.23. The number of nitrogens with two attached hydrogens (primary N) is 1. The van der Waals surface area contributed by atoms with Crippen LogP contribution in [0, 0.1) is 3.57 Å². The molecule has 13 heavy (non-hydrogen) atoms. The average molecular weight is 324 g/mol. The standard InChI is InChI=1S/C9H7ClINS/c10-4-6-7(12)3-5-1-2-13-9(5)8(6)11/h1-3H,4,12H2. The van der Waals surface area contributed by atoms with E-state index in [0.717, 1.165) is 11.3 Å². The summed E-state index contributed by atoms with van der Waals surface area (Å²) in [6, 6.07) is 4.07. The first-order chi connectivity index (χ1) is 6.24. The summed E-state index contributed by atoms with van der Waals surface area (Å²) >= 11 is 9.86. The van der Waals surface area contributed by atoms with Crippen LogP contribution >= 0.6 is 45.5 Å². The number of fused-ring (bicyclic) bond motifs is 1. The van der Waals surface area contributed by atoms with Crippen molar-refractivity contribution < 1.29 is 0 Å². The van der Waals surface area contributed by atoms with Gasteiger partial charge in [-0.05, 0) is 45.5 Å². The molecule has 4 heteroatoms. The zero-order chi connectivity index (χ0) is 9.42. The van der Waals surface area contributed by atoms with Crippen LogP contribution in [0.15, 0.2) is 17.5 Å². The fraction of sp³-hybridized carbons (Fsp3) is 0.111. The summed E-state index contributed by atoms with van der Waals surface area (Å²) in [6.07, 6.45) is 0. The highest BCUT2D eigenvalue weighted by atomic mass is 127. The molecule has 0 saturated heterocycles. The summed E-state index contributed by atoms with van der Waals surface area (Å²) in [7, 11) is 0. The Balaban J connectivity index is 2.85. The Bertz CT molecular complexity index is 452. The number of hydrogen-bond acceptors (Lipinski definition) is 2. The summed E-state index contributed by atoms with van der Waals surface area (Å²) in [6.45, 7) is 0.